The maximum atomic E-state index is 13.6. The Morgan fingerprint density at radius 3 is 2.84 bits per heavy atom. The molecule has 0 unspecified atom stereocenters. The van der Waals surface area contributed by atoms with Crippen LogP contribution in [0.2, 0.25) is 0 Å². The van der Waals surface area contributed by atoms with Gasteiger partial charge in [0.2, 0.25) is 0 Å². The number of hydrogen-bond acceptors (Lipinski definition) is 4. The summed E-state index contributed by atoms with van der Waals surface area (Å²) in [5.41, 5.74) is -0.0166. The highest BCUT2D eigenvalue weighted by Crippen LogP contribution is 2.15. The molecule has 5 nitrogen and oxygen atoms in total. The van der Waals surface area contributed by atoms with Crippen molar-refractivity contribution in [3.8, 4) is 5.75 Å². The molecular formula is C13H18FNO4. The van der Waals surface area contributed by atoms with Crippen molar-refractivity contribution in [2.24, 2.45) is 0 Å². The van der Waals surface area contributed by atoms with Crippen LogP contribution in [0.25, 0.3) is 0 Å². The Morgan fingerprint density at radius 1 is 1.42 bits per heavy atom. The molecule has 2 N–H and O–H groups in total. The Balaban J connectivity index is 2.37. The Hall–Kier alpha value is -1.66. The standard InChI is InChI=1S/C13H18FNO4/c1-18-10-3-4-11(12(14)9-10)13(17)15-5-2-7-19-8-6-16/h3-4,9,16H,2,5-8H2,1H3,(H,15,17). The SMILES string of the molecule is COc1ccc(C(=O)NCCCOCCO)c(F)c1. The fourth-order valence-corrected chi connectivity index (χ4v) is 1.44. The number of aliphatic hydroxyl groups is 1. The number of carbonyl (C=O) groups excluding carboxylic acids is 1. The zero-order valence-corrected chi connectivity index (χ0v) is 10.8. The van der Waals surface area contributed by atoms with E-state index < -0.39 is 11.7 Å². The van der Waals surface area contributed by atoms with Crippen LogP contribution in [-0.4, -0.2) is 44.5 Å². The summed E-state index contributed by atoms with van der Waals surface area (Å²) in [6, 6.07) is 4.08. The largest absolute Gasteiger partial charge is 0.497 e. The van der Waals surface area contributed by atoms with Gasteiger partial charge in [0.25, 0.3) is 5.91 Å². The van der Waals surface area contributed by atoms with Crippen molar-refractivity contribution in [2.75, 3.05) is 33.5 Å². The van der Waals surface area contributed by atoms with Crippen LogP contribution in [0, 0.1) is 5.82 Å². The molecule has 0 spiro atoms. The molecule has 0 saturated carbocycles. The van der Waals surface area contributed by atoms with E-state index in [1.807, 2.05) is 0 Å². The summed E-state index contributed by atoms with van der Waals surface area (Å²) in [6.45, 7) is 1.08. The number of aliphatic hydroxyl groups excluding tert-OH is 1. The summed E-state index contributed by atoms with van der Waals surface area (Å²) < 4.78 is 23.5. The van der Waals surface area contributed by atoms with Gasteiger partial charge in [0, 0.05) is 19.2 Å². The second-order valence-electron chi connectivity index (χ2n) is 3.79. The predicted octanol–water partition coefficient (Wildman–Crippen LogP) is 0.963. The van der Waals surface area contributed by atoms with Gasteiger partial charge >= 0.3 is 0 Å². The van der Waals surface area contributed by atoms with Gasteiger partial charge in [0.15, 0.2) is 0 Å². The van der Waals surface area contributed by atoms with Crippen molar-refractivity contribution < 1.29 is 23.8 Å². The number of rotatable bonds is 8. The minimum absolute atomic E-state index is 0.0166. The summed E-state index contributed by atoms with van der Waals surface area (Å²) in [7, 11) is 1.43. The quantitative estimate of drug-likeness (QED) is 0.691. The first-order chi connectivity index (χ1) is 9.19. The van der Waals surface area contributed by atoms with Gasteiger partial charge in [0.1, 0.15) is 11.6 Å². The molecule has 1 amide bonds. The zero-order chi connectivity index (χ0) is 14.1. The van der Waals surface area contributed by atoms with Gasteiger partial charge < -0.3 is 19.9 Å². The molecule has 1 aromatic rings. The van der Waals surface area contributed by atoms with Crippen LogP contribution in [-0.2, 0) is 4.74 Å². The van der Waals surface area contributed by atoms with E-state index in [-0.39, 0.29) is 18.8 Å². The van der Waals surface area contributed by atoms with E-state index in [1.54, 1.807) is 0 Å². The maximum absolute atomic E-state index is 13.6. The minimum atomic E-state index is -0.617. The summed E-state index contributed by atoms with van der Waals surface area (Å²) in [5.74, 6) is -0.720. The van der Waals surface area contributed by atoms with Gasteiger partial charge in [-0.15, -0.1) is 0 Å². The van der Waals surface area contributed by atoms with E-state index in [9.17, 15) is 9.18 Å². The van der Waals surface area contributed by atoms with Crippen molar-refractivity contribution in [1.82, 2.24) is 5.32 Å². The van der Waals surface area contributed by atoms with E-state index in [0.29, 0.717) is 25.3 Å². The highest BCUT2D eigenvalue weighted by molar-refractivity contribution is 5.94. The van der Waals surface area contributed by atoms with Crippen LogP contribution in [0.1, 0.15) is 16.8 Å². The fraction of sp³-hybridized carbons (Fsp3) is 0.462. The van der Waals surface area contributed by atoms with Crippen LogP contribution in [0.3, 0.4) is 0 Å². The first-order valence-electron chi connectivity index (χ1n) is 5.99. The summed E-state index contributed by atoms with van der Waals surface area (Å²) in [5, 5.41) is 11.1. The van der Waals surface area contributed by atoms with Crippen molar-refractivity contribution in [2.45, 2.75) is 6.42 Å². The Bertz CT molecular complexity index is 412. The van der Waals surface area contributed by atoms with Gasteiger partial charge in [-0.05, 0) is 18.6 Å². The third-order valence-corrected chi connectivity index (χ3v) is 2.41. The number of benzene rings is 1. The molecule has 0 aliphatic carbocycles. The number of nitrogens with one attached hydrogen (secondary N) is 1. The number of carbonyl (C=O) groups is 1. The molecule has 0 aliphatic heterocycles. The van der Waals surface area contributed by atoms with Crippen LogP contribution in [0.5, 0.6) is 5.75 Å². The molecular weight excluding hydrogens is 253 g/mol. The van der Waals surface area contributed by atoms with Gasteiger partial charge in [-0.3, -0.25) is 4.79 Å². The van der Waals surface area contributed by atoms with E-state index in [2.05, 4.69) is 5.32 Å². The summed E-state index contributed by atoms with van der Waals surface area (Å²) >= 11 is 0. The second kappa shape index (κ2) is 8.44. The molecule has 0 aliphatic rings. The van der Waals surface area contributed by atoms with E-state index in [0.717, 1.165) is 0 Å². The number of halogens is 1. The summed E-state index contributed by atoms with van der Waals surface area (Å²) in [6.07, 6.45) is 0.601. The summed E-state index contributed by atoms with van der Waals surface area (Å²) in [4.78, 5) is 11.7. The lowest BCUT2D eigenvalue weighted by Crippen LogP contribution is -2.26. The molecule has 106 valence electrons. The van der Waals surface area contributed by atoms with Crippen molar-refractivity contribution >= 4 is 5.91 Å². The normalized spacial score (nSPS) is 10.3. The van der Waals surface area contributed by atoms with E-state index in [1.165, 1.54) is 25.3 Å². The van der Waals surface area contributed by atoms with Crippen LogP contribution >= 0.6 is 0 Å². The molecule has 0 fully saturated rings. The Kier molecular flexibility index (Phi) is 6.84. The molecule has 19 heavy (non-hydrogen) atoms. The second-order valence-corrected chi connectivity index (χ2v) is 3.79. The molecule has 0 atom stereocenters. The van der Waals surface area contributed by atoms with Crippen molar-refractivity contribution in [3.05, 3.63) is 29.6 Å². The Morgan fingerprint density at radius 2 is 2.21 bits per heavy atom. The molecule has 0 saturated heterocycles. The molecule has 0 heterocycles. The van der Waals surface area contributed by atoms with Gasteiger partial charge in [-0.2, -0.15) is 0 Å². The van der Waals surface area contributed by atoms with Gasteiger partial charge in [0.05, 0.1) is 25.9 Å². The van der Waals surface area contributed by atoms with Crippen LogP contribution in [0.15, 0.2) is 18.2 Å². The van der Waals surface area contributed by atoms with Crippen molar-refractivity contribution in [3.63, 3.8) is 0 Å². The third-order valence-electron chi connectivity index (χ3n) is 2.41. The first kappa shape index (κ1) is 15.4. The average molecular weight is 271 g/mol. The average Bonchev–Trinajstić information content (AvgIpc) is 2.42. The van der Waals surface area contributed by atoms with Crippen LogP contribution < -0.4 is 10.1 Å². The third kappa shape index (κ3) is 5.23. The number of ether oxygens (including phenoxy) is 2. The highest BCUT2D eigenvalue weighted by Gasteiger charge is 2.11. The minimum Gasteiger partial charge on any atom is -0.497 e. The monoisotopic (exact) mass is 271 g/mol. The number of hydrogen-bond donors (Lipinski definition) is 2. The van der Waals surface area contributed by atoms with Crippen molar-refractivity contribution in [1.29, 1.82) is 0 Å². The van der Waals surface area contributed by atoms with E-state index >= 15 is 0 Å². The Labute approximate surface area is 111 Å². The lowest BCUT2D eigenvalue weighted by atomic mass is 10.2. The highest BCUT2D eigenvalue weighted by atomic mass is 19.1. The molecule has 6 heteroatoms. The number of amides is 1. The lowest BCUT2D eigenvalue weighted by Gasteiger charge is -2.07. The van der Waals surface area contributed by atoms with E-state index in [4.69, 9.17) is 14.6 Å². The molecule has 0 bridgehead atoms. The topological polar surface area (TPSA) is 67.8 Å². The first-order valence-corrected chi connectivity index (χ1v) is 5.99. The maximum Gasteiger partial charge on any atom is 0.254 e. The molecule has 0 radical (unpaired) electrons. The molecule has 0 aromatic heterocycles. The number of methoxy groups -OCH3 is 1. The zero-order valence-electron chi connectivity index (χ0n) is 10.8. The molecule has 1 rings (SSSR count). The lowest BCUT2D eigenvalue weighted by molar-refractivity contribution is 0.0866. The van der Waals surface area contributed by atoms with Crippen LogP contribution in [0.4, 0.5) is 4.39 Å². The molecule has 1 aromatic carbocycles. The fourth-order valence-electron chi connectivity index (χ4n) is 1.44. The predicted molar refractivity (Wildman–Crippen MR) is 67.8 cm³/mol. The smallest absolute Gasteiger partial charge is 0.254 e. The van der Waals surface area contributed by atoms with Gasteiger partial charge in [-0.1, -0.05) is 0 Å². The van der Waals surface area contributed by atoms with Gasteiger partial charge in [-0.25, -0.2) is 4.39 Å².